The first-order chi connectivity index (χ1) is 9.15. The maximum atomic E-state index is 6.34. The maximum absolute atomic E-state index is 6.34. The SMILES string of the molecule is Cc1ccc2nc(Cl)c(-c3ccccc3C)cc2c1. The first-order valence-corrected chi connectivity index (χ1v) is 6.66. The number of halogens is 1. The smallest absolute Gasteiger partial charge is 0.137 e. The van der Waals surface area contributed by atoms with Crippen LogP contribution < -0.4 is 0 Å². The van der Waals surface area contributed by atoms with Gasteiger partial charge in [0.15, 0.2) is 0 Å². The van der Waals surface area contributed by atoms with Gasteiger partial charge < -0.3 is 0 Å². The molecule has 0 saturated heterocycles. The zero-order chi connectivity index (χ0) is 13.4. The van der Waals surface area contributed by atoms with E-state index >= 15 is 0 Å². The second-order valence-electron chi connectivity index (χ2n) is 4.84. The third-order valence-electron chi connectivity index (χ3n) is 3.36. The third-order valence-corrected chi connectivity index (χ3v) is 3.65. The van der Waals surface area contributed by atoms with Crippen LogP contribution in [0.15, 0.2) is 48.5 Å². The molecule has 0 aliphatic carbocycles. The topological polar surface area (TPSA) is 12.9 Å². The summed E-state index contributed by atoms with van der Waals surface area (Å²) in [5.74, 6) is 0. The van der Waals surface area contributed by atoms with Gasteiger partial charge in [-0.25, -0.2) is 4.98 Å². The quantitative estimate of drug-likeness (QED) is 0.554. The highest BCUT2D eigenvalue weighted by Gasteiger charge is 2.09. The molecule has 0 bridgehead atoms. The van der Waals surface area contributed by atoms with E-state index in [-0.39, 0.29) is 0 Å². The van der Waals surface area contributed by atoms with Crippen molar-refractivity contribution in [2.24, 2.45) is 0 Å². The van der Waals surface area contributed by atoms with E-state index < -0.39 is 0 Å². The van der Waals surface area contributed by atoms with Gasteiger partial charge in [0.05, 0.1) is 5.52 Å². The number of aromatic nitrogens is 1. The number of hydrogen-bond donors (Lipinski definition) is 0. The van der Waals surface area contributed by atoms with E-state index in [1.54, 1.807) is 0 Å². The standard InChI is InChI=1S/C17H14ClN/c1-11-7-8-16-13(9-11)10-15(17(18)19-16)14-6-4-3-5-12(14)2/h3-10H,1-2H3. The number of fused-ring (bicyclic) bond motifs is 1. The molecule has 0 amide bonds. The van der Waals surface area contributed by atoms with Crippen molar-refractivity contribution in [2.75, 3.05) is 0 Å². The summed E-state index contributed by atoms with van der Waals surface area (Å²) in [6.45, 7) is 4.17. The minimum atomic E-state index is 0.561. The van der Waals surface area contributed by atoms with E-state index in [2.05, 4.69) is 49.2 Å². The molecule has 3 aromatic rings. The van der Waals surface area contributed by atoms with Crippen LogP contribution in [0.1, 0.15) is 11.1 Å². The van der Waals surface area contributed by atoms with E-state index in [0.717, 1.165) is 22.0 Å². The second-order valence-corrected chi connectivity index (χ2v) is 5.20. The third kappa shape index (κ3) is 2.22. The number of rotatable bonds is 1. The van der Waals surface area contributed by atoms with Gasteiger partial charge in [-0.3, -0.25) is 0 Å². The summed E-state index contributed by atoms with van der Waals surface area (Å²) in [6, 6.07) is 16.6. The minimum absolute atomic E-state index is 0.561. The Bertz CT molecular complexity index is 762. The molecule has 1 aromatic heterocycles. The van der Waals surface area contributed by atoms with Gasteiger partial charge in [0, 0.05) is 10.9 Å². The lowest BCUT2D eigenvalue weighted by Crippen LogP contribution is -1.89. The van der Waals surface area contributed by atoms with Crippen molar-refractivity contribution in [1.82, 2.24) is 4.98 Å². The summed E-state index contributed by atoms with van der Waals surface area (Å²) in [7, 11) is 0. The number of aryl methyl sites for hydroxylation is 2. The molecular formula is C17H14ClN. The summed E-state index contributed by atoms with van der Waals surface area (Å²) in [5, 5.41) is 1.69. The fourth-order valence-corrected chi connectivity index (χ4v) is 2.58. The lowest BCUT2D eigenvalue weighted by atomic mass is 10.0. The summed E-state index contributed by atoms with van der Waals surface area (Å²) in [5.41, 5.74) is 5.51. The number of pyridine rings is 1. The fraction of sp³-hybridized carbons (Fsp3) is 0.118. The van der Waals surface area contributed by atoms with Crippen LogP contribution in [-0.2, 0) is 0 Å². The first-order valence-electron chi connectivity index (χ1n) is 6.28. The fourth-order valence-electron chi connectivity index (χ4n) is 2.34. The highest BCUT2D eigenvalue weighted by molar-refractivity contribution is 6.32. The molecular weight excluding hydrogens is 254 g/mol. The molecule has 0 spiro atoms. The monoisotopic (exact) mass is 267 g/mol. The zero-order valence-electron chi connectivity index (χ0n) is 10.9. The Labute approximate surface area is 117 Å². The second kappa shape index (κ2) is 4.67. The van der Waals surface area contributed by atoms with Crippen LogP contribution in [-0.4, -0.2) is 4.98 Å². The van der Waals surface area contributed by atoms with Crippen LogP contribution in [0.3, 0.4) is 0 Å². The normalized spacial score (nSPS) is 10.9. The van der Waals surface area contributed by atoms with Crippen molar-refractivity contribution in [2.45, 2.75) is 13.8 Å². The molecule has 1 nitrogen and oxygen atoms in total. The van der Waals surface area contributed by atoms with E-state index in [1.165, 1.54) is 11.1 Å². The molecule has 3 rings (SSSR count). The van der Waals surface area contributed by atoms with Crippen LogP contribution in [0.5, 0.6) is 0 Å². The average Bonchev–Trinajstić information content (AvgIpc) is 2.39. The van der Waals surface area contributed by atoms with Crippen LogP contribution in [0.2, 0.25) is 5.15 Å². The van der Waals surface area contributed by atoms with E-state index in [0.29, 0.717) is 5.15 Å². The Morgan fingerprint density at radius 1 is 0.895 bits per heavy atom. The Morgan fingerprint density at radius 3 is 2.47 bits per heavy atom. The zero-order valence-corrected chi connectivity index (χ0v) is 11.7. The molecule has 0 N–H and O–H groups in total. The molecule has 0 fully saturated rings. The average molecular weight is 268 g/mol. The molecule has 0 aliphatic rings. The van der Waals surface area contributed by atoms with Crippen molar-refractivity contribution in [3.63, 3.8) is 0 Å². The van der Waals surface area contributed by atoms with Crippen molar-refractivity contribution >= 4 is 22.5 Å². The van der Waals surface area contributed by atoms with Gasteiger partial charge >= 0.3 is 0 Å². The summed E-state index contributed by atoms with van der Waals surface area (Å²) in [4.78, 5) is 4.50. The molecule has 1 heterocycles. The Balaban J connectivity index is 2.30. The predicted molar refractivity (Wildman–Crippen MR) is 81.7 cm³/mol. The van der Waals surface area contributed by atoms with Crippen LogP contribution in [0.25, 0.3) is 22.0 Å². The molecule has 0 aliphatic heterocycles. The molecule has 2 heteroatoms. The molecule has 0 unspecified atom stereocenters. The largest absolute Gasteiger partial charge is 0.235 e. The van der Waals surface area contributed by atoms with Gasteiger partial charge in [0.1, 0.15) is 5.15 Å². The Hall–Kier alpha value is -1.86. The van der Waals surface area contributed by atoms with Crippen molar-refractivity contribution in [3.8, 4) is 11.1 Å². The maximum Gasteiger partial charge on any atom is 0.137 e. The van der Waals surface area contributed by atoms with Crippen molar-refractivity contribution < 1.29 is 0 Å². The van der Waals surface area contributed by atoms with Gasteiger partial charge in [0.25, 0.3) is 0 Å². The highest BCUT2D eigenvalue weighted by Crippen LogP contribution is 2.31. The Morgan fingerprint density at radius 2 is 1.68 bits per heavy atom. The molecule has 0 saturated carbocycles. The summed E-state index contributed by atoms with van der Waals surface area (Å²) < 4.78 is 0. The molecule has 94 valence electrons. The lowest BCUT2D eigenvalue weighted by molar-refractivity contribution is 1.37. The molecule has 0 atom stereocenters. The number of nitrogens with zero attached hydrogens (tertiary/aromatic N) is 1. The molecule has 0 radical (unpaired) electrons. The number of hydrogen-bond acceptors (Lipinski definition) is 1. The van der Waals surface area contributed by atoms with Gasteiger partial charge in [-0.05, 0) is 43.2 Å². The highest BCUT2D eigenvalue weighted by atomic mass is 35.5. The van der Waals surface area contributed by atoms with E-state index in [1.807, 2.05) is 18.2 Å². The van der Waals surface area contributed by atoms with Crippen LogP contribution >= 0.6 is 11.6 Å². The number of benzene rings is 2. The molecule has 19 heavy (non-hydrogen) atoms. The van der Waals surface area contributed by atoms with Gasteiger partial charge in [0.2, 0.25) is 0 Å². The summed E-state index contributed by atoms with van der Waals surface area (Å²) in [6.07, 6.45) is 0. The van der Waals surface area contributed by atoms with Gasteiger partial charge in [-0.1, -0.05) is 47.5 Å². The lowest BCUT2D eigenvalue weighted by Gasteiger charge is -2.09. The van der Waals surface area contributed by atoms with Crippen LogP contribution in [0, 0.1) is 13.8 Å². The van der Waals surface area contributed by atoms with Crippen molar-refractivity contribution in [3.05, 3.63) is 64.8 Å². The van der Waals surface area contributed by atoms with Gasteiger partial charge in [-0.2, -0.15) is 0 Å². The minimum Gasteiger partial charge on any atom is -0.235 e. The van der Waals surface area contributed by atoms with Crippen LogP contribution in [0.4, 0.5) is 0 Å². The van der Waals surface area contributed by atoms with E-state index in [9.17, 15) is 0 Å². The Kier molecular flexibility index (Phi) is 3.00. The molecule has 2 aromatic carbocycles. The first kappa shape index (κ1) is 12.2. The van der Waals surface area contributed by atoms with E-state index in [4.69, 9.17) is 11.6 Å². The summed E-state index contributed by atoms with van der Waals surface area (Å²) >= 11 is 6.34. The predicted octanol–water partition coefficient (Wildman–Crippen LogP) is 5.17. The van der Waals surface area contributed by atoms with Crippen molar-refractivity contribution in [1.29, 1.82) is 0 Å². The van der Waals surface area contributed by atoms with Gasteiger partial charge in [-0.15, -0.1) is 0 Å².